The van der Waals surface area contributed by atoms with Gasteiger partial charge in [0, 0.05) is 0 Å². The molecule has 0 spiro atoms. The third-order valence-corrected chi connectivity index (χ3v) is 2.87. The molecule has 5 heteroatoms. The van der Waals surface area contributed by atoms with Crippen LogP contribution < -0.4 is 5.32 Å². The number of hydrogen-bond acceptors (Lipinski definition) is 4. The number of amides is 1. The van der Waals surface area contributed by atoms with E-state index < -0.39 is 12.0 Å². The first-order valence-electron chi connectivity index (χ1n) is 7.01. The zero-order valence-corrected chi connectivity index (χ0v) is 12.8. The molecular weight excluding hydrogens is 270 g/mol. The number of carbonyl (C=O) groups is 2. The molecule has 0 heterocycles. The van der Waals surface area contributed by atoms with Gasteiger partial charge in [-0.25, -0.2) is 4.79 Å². The highest BCUT2D eigenvalue weighted by atomic mass is 16.5. The van der Waals surface area contributed by atoms with Gasteiger partial charge >= 0.3 is 5.97 Å². The van der Waals surface area contributed by atoms with Gasteiger partial charge in [-0.3, -0.25) is 4.79 Å². The summed E-state index contributed by atoms with van der Waals surface area (Å²) in [6.45, 7) is 4.24. The summed E-state index contributed by atoms with van der Waals surface area (Å²) in [5.41, 5.74) is 0.997. The van der Waals surface area contributed by atoms with Gasteiger partial charge in [-0.1, -0.05) is 44.2 Å². The molecule has 0 saturated heterocycles. The summed E-state index contributed by atoms with van der Waals surface area (Å²) in [7, 11) is 1.31. The molecule has 21 heavy (non-hydrogen) atoms. The molecule has 1 amide bonds. The maximum absolute atomic E-state index is 11.8. The zero-order valence-electron chi connectivity index (χ0n) is 12.8. The number of esters is 1. The van der Waals surface area contributed by atoms with E-state index in [9.17, 15) is 9.59 Å². The summed E-state index contributed by atoms with van der Waals surface area (Å²) in [4.78, 5) is 23.4. The van der Waals surface area contributed by atoms with Crippen LogP contribution in [0.2, 0.25) is 0 Å². The molecule has 0 fully saturated rings. The van der Waals surface area contributed by atoms with Crippen LogP contribution in [0.3, 0.4) is 0 Å². The molecule has 1 aromatic rings. The summed E-state index contributed by atoms with van der Waals surface area (Å²) in [5.74, 6) is -0.471. The minimum Gasteiger partial charge on any atom is -0.467 e. The van der Waals surface area contributed by atoms with Crippen LogP contribution in [0.5, 0.6) is 0 Å². The number of hydrogen-bond donors (Lipinski definition) is 1. The molecule has 0 bridgehead atoms. The molecule has 5 nitrogen and oxygen atoms in total. The standard InChI is InChI=1S/C16H23NO4/c1-12(2)9-14(16(19)20-3)17-15(18)11-21-10-13-7-5-4-6-8-13/h4-8,12,14H,9-11H2,1-3H3,(H,17,18). The predicted molar refractivity (Wildman–Crippen MR) is 79.5 cm³/mol. The maximum atomic E-state index is 11.8. The number of carbonyl (C=O) groups excluding carboxylic acids is 2. The molecule has 0 aliphatic rings. The summed E-state index contributed by atoms with van der Waals surface area (Å²) >= 11 is 0. The van der Waals surface area contributed by atoms with Gasteiger partial charge in [0.1, 0.15) is 12.6 Å². The van der Waals surface area contributed by atoms with Crippen molar-refractivity contribution in [3.05, 3.63) is 35.9 Å². The number of ether oxygens (including phenoxy) is 2. The molecule has 116 valence electrons. The largest absolute Gasteiger partial charge is 0.467 e. The van der Waals surface area contributed by atoms with E-state index in [2.05, 4.69) is 5.32 Å². The lowest BCUT2D eigenvalue weighted by Crippen LogP contribution is -2.43. The first-order chi connectivity index (χ1) is 10.0. The lowest BCUT2D eigenvalue weighted by Gasteiger charge is -2.18. The molecule has 1 unspecified atom stereocenters. The molecule has 1 aromatic carbocycles. The Morgan fingerprint density at radius 3 is 2.43 bits per heavy atom. The predicted octanol–water partition coefficient (Wildman–Crippen LogP) is 1.91. The van der Waals surface area contributed by atoms with E-state index in [1.54, 1.807) is 0 Å². The summed E-state index contributed by atoms with van der Waals surface area (Å²) < 4.78 is 10.0. The number of methoxy groups -OCH3 is 1. The van der Waals surface area contributed by atoms with Gasteiger partial charge in [0.25, 0.3) is 0 Å². The van der Waals surface area contributed by atoms with E-state index in [0.717, 1.165) is 5.56 Å². The normalized spacial score (nSPS) is 12.0. The Bertz CT molecular complexity index is 445. The summed E-state index contributed by atoms with van der Waals surface area (Å²) in [5, 5.41) is 2.65. The first-order valence-corrected chi connectivity index (χ1v) is 7.01. The van der Waals surface area contributed by atoms with Crippen LogP contribution in [0.25, 0.3) is 0 Å². The van der Waals surface area contributed by atoms with Crippen molar-refractivity contribution in [3.8, 4) is 0 Å². The second-order valence-electron chi connectivity index (χ2n) is 5.25. The minimum absolute atomic E-state index is 0.0829. The van der Waals surface area contributed by atoms with Crippen molar-refractivity contribution < 1.29 is 19.1 Å². The molecule has 0 saturated carbocycles. The second kappa shape index (κ2) is 9.13. The lowest BCUT2D eigenvalue weighted by molar-refractivity contribution is -0.146. The number of benzene rings is 1. The third-order valence-electron chi connectivity index (χ3n) is 2.87. The quantitative estimate of drug-likeness (QED) is 0.744. The Hall–Kier alpha value is -1.88. The van der Waals surface area contributed by atoms with Crippen LogP contribution in [-0.2, 0) is 25.7 Å². The van der Waals surface area contributed by atoms with Crippen molar-refractivity contribution in [3.63, 3.8) is 0 Å². The highest BCUT2D eigenvalue weighted by Crippen LogP contribution is 2.06. The van der Waals surface area contributed by atoms with Crippen LogP contribution in [0.15, 0.2) is 30.3 Å². The average Bonchev–Trinajstić information content (AvgIpc) is 2.46. The monoisotopic (exact) mass is 293 g/mol. The molecule has 0 aromatic heterocycles. The molecule has 1 atom stereocenters. The van der Waals surface area contributed by atoms with Crippen LogP contribution in [0, 0.1) is 5.92 Å². The topological polar surface area (TPSA) is 64.6 Å². The summed E-state index contributed by atoms with van der Waals surface area (Å²) in [6.07, 6.45) is 0.539. The molecule has 0 radical (unpaired) electrons. The Balaban J connectivity index is 2.37. The van der Waals surface area contributed by atoms with Crippen molar-refractivity contribution in [2.75, 3.05) is 13.7 Å². The van der Waals surface area contributed by atoms with E-state index >= 15 is 0 Å². The van der Waals surface area contributed by atoms with Gasteiger partial charge in [0.15, 0.2) is 0 Å². The van der Waals surface area contributed by atoms with Gasteiger partial charge in [-0.2, -0.15) is 0 Å². The van der Waals surface area contributed by atoms with Crippen LogP contribution >= 0.6 is 0 Å². The van der Waals surface area contributed by atoms with Crippen molar-refractivity contribution in [2.24, 2.45) is 5.92 Å². The fourth-order valence-electron chi connectivity index (χ4n) is 1.90. The third kappa shape index (κ3) is 6.90. The van der Waals surface area contributed by atoms with Gasteiger partial charge in [0.2, 0.25) is 5.91 Å². The highest BCUT2D eigenvalue weighted by Gasteiger charge is 2.22. The minimum atomic E-state index is -0.622. The lowest BCUT2D eigenvalue weighted by atomic mass is 10.0. The summed E-state index contributed by atoms with van der Waals surface area (Å²) in [6, 6.07) is 8.97. The highest BCUT2D eigenvalue weighted by molar-refractivity contribution is 5.85. The Morgan fingerprint density at radius 1 is 1.19 bits per heavy atom. The van der Waals surface area contributed by atoms with E-state index in [1.165, 1.54) is 7.11 Å². The fraction of sp³-hybridized carbons (Fsp3) is 0.500. The van der Waals surface area contributed by atoms with Crippen molar-refractivity contribution in [2.45, 2.75) is 32.9 Å². The van der Waals surface area contributed by atoms with E-state index in [1.807, 2.05) is 44.2 Å². The first kappa shape index (κ1) is 17.2. The Morgan fingerprint density at radius 2 is 1.86 bits per heavy atom. The molecule has 1 rings (SSSR count). The van der Waals surface area contributed by atoms with Crippen molar-refractivity contribution >= 4 is 11.9 Å². The van der Waals surface area contributed by atoms with Crippen molar-refractivity contribution in [1.82, 2.24) is 5.32 Å². The number of nitrogens with one attached hydrogen (secondary N) is 1. The fourth-order valence-corrected chi connectivity index (χ4v) is 1.90. The van der Waals surface area contributed by atoms with Gasteiger partial charge in [-0.05, 0) is 17.9 Å². The van der Waals surface area contributed by atoms with E-state index in [0.29, 0.717) is 13.0 Å². The van der Waals surface area contributed by atoms with Crippen LogP contribution in [0.1, 0.15) is 25.8 Å². The van der Waals surface area contributed by atoms with Crippen molar-refractivity contribution in [1.29, 1.82) is 0 Å². The van der Waals surface area contributed by atoms with Crippen LogP contribution in [-0.4, -0.2) is 31.6 Å². The van der Waals surface area contributed by atoms with E-state index in [-0.39, 0.29) is 18.4 Å². The molecular formula is C16H23NO4. The van der Waals surface area contributed by atoms with Gasteiger partial charge < -0.3 is 14.8 Å². The zero-order chi connectivity index (χ0) is 15.7. The molecule has 0 aliphatic carbocycles. The average molecular weight is 293 g/mol. The Kier molecular flexibility index (Phi) is 7.46. The van der Waals surface area contributed by atoms with Crippen LogP contribution in [0.4, 0.5) is 0 Å². The maximum Gasteiger partial charge on any atom is 0.328 e. The Labute approximate surface area is 125 Å². The SMILES string of the molecule is COC(=O)C(CC(C)C)NC(=O)COCc1ccccc1. The van der Waals surface area contributed by atoms with Gasteiger partial charge in [0.05, 0.1) is 13.7 Å². The molecule has 0 aliphatic heterocycles. The smallest absolute Gasteiger partial charge is 0.328 e. The second-order valence-corrected chi connectivity index (χ2v) is 5.25. The van der Waals surface area contributed by atoms with E-state index in [4.69, 9.17) is 9.47 Å². The number of rotatable bonds is 8. The van der Waals surface area contributed by atoms with Gasteiger partial charge in [-0.15, -0.1) is 0 Å². The molecule has 1 N–H and O–H groups in total.